The molecule has 0 radical (unpaired) electrons. The number of benzene rings is 2. The number of hydrogen-bond acceptors (Lipinski definition) is 4. The summed E-state index contributed by atoms with van der Waals surface area (Å²) in [5, 5.41) is 0. The van der Waals surface area contributed by atoms with Gasteiger partial charge in [-0.2, -0.15) is 0 Å². The maximum atomic E-state index is 6.20. The third-order valence-electron chi connectivity index (χ3n) is 6.41. The molecule has 0 spiro atoms. The van der Waals surface area contributed by atoms with E-state index in [0.717, 1.165) is 52.8 Å². The second-order valence-corrected chi connectivity index (χ2v) is 13.0. The molecule has 0 aliphatic rings. The zero-order valence-corrected chi connectivity index (χ0v) is 27.9. The highest BCUT2D eigenvalue weighted by Gasteiger charge is 2.14. The summed E-state index contributed by atoms with van der Waals surface area (Å²) in [7, 11) is 0. The molecule has 0 bridgehead atoms. The van der Waals surface area contributed by atoms with Gasteiger partial charge in [0, 0.05) is 18.2 Å². The fourth-order valence-corrected chi connectivity index (χ4v) is 4.06. The molecule has 0 heterocycles. The molecule has 0 aromatic heterocycles. The number of halogens is 1. The van der Waals surface area contributed by atoms with E-state index in [4.69, 9.17) is 25.4 Å². The maximum Gasteiger partial charge on any atom is 0.136 e. The van der Waals surface area contributed by atoms with E-state index in [2.05, 4.69) is 89.1 Å². The van der Waals surface area contributed by atoms with E-state index in [-0.39, 0.29) is 0 Å². The van der Waals surface area contributed by atoms with Crippen LogP contribution in [0.5, 0.6) is 23.0 Å². The average Bonchev–Trinajstić information content (AvgIpc) is 2.89. The zero-order chi connectivity index (χ0) is 30.4. The standard InChI is InChI=1S/C36H49BrO4/c1-10-29-21-34(39-18-14-26(4)5)30(22-33(29)38-17-13-25(2)3)11-12-31-23-36(41-20-16-28(8)9)32(37)24-35(31)40-19-15-27(6)7/h1,21-28H,13-20H2,2-9H3. The predicted molar refractivity (Wildman–Crippen MR) is 174 cm³/mol. The minimum Gasteiger partial charge on any atom is -0.492 e. The SMILES string of the molecule is C#Cc1cc(OCCC(C)C)c(C#Cc2cc(OCCC(C)C)c(Br)cc2OCCC(C)C)cc1OCCC(C)C. The van der Waals surface area contributed by atoms with Crippen LogP contribution in [0.4, 0.5) is 0 Å². The average molecular weight is 626 g/mol. The van der Waals surface area contributed by atoms with Gasteiger partial charge < -0.3 is 18.9 Å². The lowest BCUT2D eigenvalue weighted by atomic mass is 10.1. The van der Waals surface area contributed by atoms with E-state index in [0.29, 0.717) is 67.2 Å². The van der Waals surface area contributed by atoms with Gasteiger partial charge in [-0.05, 0) is 71.4 Å². The van der Waals surface area contributed by atoms with E-state index in [9.17, 15) is 0 Å². The van der Waals surface area contributed by atoms with Gasteiger partial charge >= 0.3 is 0 Å². The summed E-state index contributed by atoms with van der Waals surface area (Å²) >= 11 is 3.67. The summed E-state index contributed by atoms with van der Waals surface area (Å²) in [5.74, 6) is 14.4. The Kier molecular flexibility index (Phi) is 15.1. The molecule has 0 N–H and O–H groups in total. The molecular weight excluding hydrogens is 576 g/mol. The van der Waals surface area contributed by atoms with Crippen LogP contribution in [-0.4, -0.2) is 26.4 Å². The first-order valence-electron chi connectivity index (χ1n) is 15.0. The quantitative estimate of drug-likeness (QED) is 0.174. The number of rotatable bonds is 16. The summed E-state index contributed by atoms with van der Waals surface area (Å²) in [6.07, 6.45) is 9.66. The molecule has 0 saturated heterocycles. The largest absolute Gasteiger partial charge is 0.492 e. The molecule has 41 heavy (non-hydrogen) atoms. The topological polar surface area (TPSA) is 36.9 Å². The van der Waals surface area contributed by atoms with Crippen molar-refractivity contribution in [3.05, 3.63) is 45.4 Å². The molecule has 2 rings (SSSR count). The van der Waals surface area contributed by atoms with Gasteiger partial charge in [-0.15, -0.1) is 6.42 Å². The van der Waals surface area contributed by atoms with Gasteiger partial charge in [0.2, 0.25) is 0 Å². The van der Waals surface area contributed by atoms with Crippen molar-refractivity contribution in [1.29, 1.82) is 0 Å². The van der Waals surface area contributed by atoms with Crippen molar-refractivity contribution in [3.63, 3.8) is 0 Å². The summed E-state index contributed by atoms with van der Waals surface area (Å²) in [6.45, 7) is 19.9. The van der Waals surface area contributed by atoms with Gasteiger partial charge in [-0.1, -0.05) is 73.2 Å². The molecule has 0 amide bonds. The van der Waals surface area contributed by atoms with Gasteiger partial charge in [0.05, 0.1) is 47.6 Å². The Balaban J connectivity index is 2.52. The fourth-order valence-electron chi connectivity index (χ4n) is 3.63. The Morgan fingerprint density at radius 3 is 1.24 bits per heavy atom. The highest BCUT2D eigenvalue weighted by atomic mass is 79.9. The van der Waals surface area contributed by atoms with Crippen LogP contribution in [0.1, 0.15) is 97.8 Å². The van der Waals surface area contributed by atoms with E-state index in [1.54, 1.807) is 0 Å². The molecule has 5 heteroatoms. The fraction of sp³-hybridized carbons (Fsp3) is 0.556. The van der Waals surface area contributed by atoms with Crippen molar-refractivity contribution < 1.29 is 18.9 Å². The van der Waals surface area contributed by atoms with Gasteiger partial charge in [-0.3, -0.25) is 0 Å². The highest BCUT2D eigenvalue weighted by Crippen LogP contribution is 2.34. The number of terminal acetylenes is 1. The molecule has 224 valence electrons. The first kappa shape index (κ1) is 34.4. The molecule has 4 nitrogen and oxygen atoms in total. The maximum absolute atomic E-state index is 6.20. The second-order valence-electron chi connectivity index (χ2n) is 12.1. The lowest BCUT2D eigenvalue weighted by Gasteiger charge is -2.15. The molecule has 0 aliphatic carbocycles. The van der Waals surface area contributed by atoms with Gasteiger partial charge in [0.1, 0.15) is 23.0 Å². The summed E-state index contributed by atoms with van der Waals surface area (Å²) in [6, 6.07) is 7.69. The molecular formula is C36H49BrO4. The molecule has 0 unspecified atom stereocenters. The third kappa shape index (κ3) is 12.7. The molecule has 2 aromatic carbocycles. The third-order valence-corrected chi connectivity index (χ3v) is 7.03. The van der Waals surface area contributed by atoms with Crippen LogP contribution in [0.25, 0.3) is 0 Å². The number of hydrogen-bond donors (Lipinski definition) is 0. The molecule has 0 aliphatic heterocycles. The van der Waals surface area contributed by atoms with E-state index in [1.807, 2.05) is 24.3 Å². The van der Waals surface area contributed by atoms with Crippen molar-refractivity contribution in [2.45, 2.75) is 81.1 Å². The predicted octanol–water partition coefficient (Wildman–Crippen LogP) is 9.53. The molecule has 0 fully saturated rings. The van der Waals surface area contributed by atoms with Gasteiger partial charge in [0.15, 0.2) is 0 Å². The second kappa shape index (κ2) is 17.9. The van der Waals surface area contributed by atoms with Gasteiger partial charge in [-0.25, -0.2) is 0 Å². The number of ether oxygens (including phenoxy) is 4. The van der Waals surface area contributed by atoms with Crippen molar-refractivity contribution in [2.24, 2.45) is 23.7 Å². The van der Waals surface area contributed by atoms with Crippen LogP contribution in [0.2, 0.25) is 0 Å². The first-order chi connectivity index (χ1) is 19.5. The van der Waals surface area contributed by atoms with E-state index < -0.39 is 0 Å². The van der Waals surface area contributed by atoms with Crippen molar-refractivity contribution in [2.75, 3.05) is 26.4 Å². The van der Waals surface area contributed by atoms with Crippen molar-refractivity contribution in [1.82, 2.24) is 0 Å². The molecule has 0 saturated carbocycles. The first-order valence-corrected chi connectivity index (χ1v) is 15.8. The van der Waals surface area contributed by atoms with Crippen LogP contribution >= 0.6 is 15.9 Å². The Morgan fingerprint density at radius 2 is 0.854 bits per heavy atom. The lowest BCUT2D eigenvalue weighted by Crippen LogP contribution is -2.06. The van der Waals surface area contributed by atoms with Gasteiger partial charge in [0.25, 0.3) is 0 Å². The Hall–Kier alpha value is -2.76. The minimum atomic E-state index is 0.526. The van der Waals surface area contributed by atoms with E-state index >= 15 is 0 Å². The Morgan fingerprint density at radius 1 is 0.537 bits per heavy atom. The highest BCUT2D eigenvalue weighted by molar-refractivity contribution is 9.10. The van der Waals surface area contributed by atoms with Crippen LogP contribution in [-0.2, 0) is 0 Å². The van der Waals surface area contributed by atoms with Crippen LogP contribution in [0.3, 0.4) is 0 Å². The summed E-state index contributed by atoms with van der Waals surface area (Å²) < 4.78 is 25.5. The Bertz CT molecular complexity index is 1190. The smallest absolute Gasteiger partial charge is 0.136 e. The van der Waals surface area contributed by atoms with E-state index in [1.165, 1.54) is 0 Å². The van der Waals surface area contributed by atoms with Crippen molar-refractivity contribution in [3.8, 4) is 47.2 Å². The van der Waals surface area contributed by atoms with Crippen LogP contribution in [0, 0.1) is 47.9 Å². The normalized spacial score (nSPS) is 11.0. The zero-order valence-electron chi connectivity index (χ0n) is 26.4. The van der Waals surface area contributed by atoms with Crippen LogP contribution in [0.15, 0.2) is 28.7 Å². The molecule has 2 aromatic rings. The summed E-state index contributed by atoms with van der Waals surface area (Å²) in [5.41, 5.74) is 2.15. The monoisotopic (exact) mass is 624 g/mol. The molecule has 0 atom stereocenters. The lowest BCUT2D eigenvalue weighted by molar-refractivity contribution is 0.280. The minimum absolute atomic E-state index is 0.526. The van der Waals surface area contributed by atoms with Crippen molar-refractivity contribution >= 4 is 15.9 Å². The summed E-state index contributed by atoms with van der Waals surface area (Å²) in [4.78, 5) is 0. The van der Waals surface area contributed by atoms with Crippen LogP contribution < -0.4 is 18.9 Å². The Labute approximate surface area is 258 Å².